The van der Waals surface area contributed by atoms with Crippen LogP contribution in [0.4, 0.5) is 0 Å². The number of aryl methyl sites for hydroxylation is 1. The Morgan fingerprint density at radius 2 is 2.62 bits per heavy atom. The van der Waals surface area contributed by atoms with Crippen LogP contribution in [0.5, 0.6) is 0 Å². The zero-order chi connectivity index (χ0) is 5.98. The van der Waals surface area contributed by atoms with Gasteiger partial charge >= 0.3 is 0 Å². The summed E-state index contributed by atoms with van der Waals surface area (Å²) in [4.78, 5) is 16.2. The molecule has 0 atom stereocenters. The first-order valence-electron chi connectivity index (χ1n) is 2.22. The minimum Gasteiger partial charge on any atom is -0.334 e. The maximum Gasteiger partial charge on any atom is 0.185 e. The Morgan fingerprint density at radius 1 is 1.88 bits per heavy atom. The lowest BCUT2D eigenvalue weighted by molar-refractivity contribution is 0.111. The second kappa shape index (κ2) is 1.78. The highest BCUT2D eigenvalue weighted by atomic mass is 16.1. The summed E-state index contributed by atoms with van der Waals surface area (Å²) in [5, 5.41) is 0. The predicted octanol–water partition coefficient (Wildman–Crippen LogP) is 0.331. The van der Waals surface area contributed by atoms with E-state index < -0.39 is 0 Å². The van der Waals surface area contributed by atoms with Crippen LogP contribution in [-0.4, -0.2) is 16.3 Å². The molecule has 0 saturated heterocycles. The molecule has 0 amide bonds. The van der Waals surface area contributed by atoms with Gasteiger partial charge in [-0.2, -0.15) is 0 Å². The summed E-state index contributed by atoms with van der Waals surface area (Å²) in [7, 11) is 0. The van der Waals surface area contributed by atoms with E-state index in [-0.39, 0.29) is 0 Å². The molecule has 1 rings (SSSR count). The quantitative estimate of drug-likeness (QED) is 0.528. The van der Waals surface area contributed by atoms with E-state index in [2.05, 4.69) is 16.2 Å². The van der Waals surface area contributed by atoms with Crippen LogP contribution >= 0.6 is 0 Å². The Balaban J connectivity index is 3.00. The maximum absolute atomic E-state index is 9.91. The van der Waals surface area contributed by atoms with Crippen LogP contribution < -0.4 is 0 Å². The Kier molecular flexibility index (Phi) is 1.12. The van der Waals surface area contributed by atoms with Crippen LogP contribution in [0.15, 0.2) is 0 Å². The van der Waals surface area contributed by atoms with Crippen molar-refractivity contribution in [3.8, 4) is 0 Å². The molecule has 0 aliphatic heterocycles. The van der Waals surface area contributed by atoms with Crippen molar-refractivity contribution in [3.63, 3.8) is 0 Å². The molecule has 1 aromatic rings. The van der Waals surface area contributed by atoms with Crippen molar-refractivity contribution in [2.75, 3.05) is 0 Å². The summed E-state index contributed by atoms with van der Waals surface area (Å²) >= 11 is 0. The monoisotopic (exact) mass is 109 g/mol. The normalized spacial score (nSPS) is 9.12. The van der Waals surface area contributed by atoms with Crippen LogP contribution in [0.2, 0.25) is 0 Å². The third kappa shape index (κ3) is 0.753. The van der Waals surface area contributed by atoms with Gasteiger partial charge in [0.15, 0.2) is 12.1 Å². The summed E-state index contributed by atoms with van der Waals surface area (Å²) in [5.41, 5.74) is 0.715. The van der Waals surface area contributed by atoms with E-state index in [1.807, 2.05) is 0 Å². The van der Waals surface area contributed by atoms with Gasteiger partial charge in [0.05, 0.1) is 11.9 Å². The van der Waals surface area contributed by atoms with Gasteiger partial charge in [0.25, 0.3) is 0 Å². The Bertz CT molecular complexity index is 192. The number of carbonyl (C=O) groups is 1. The Morgan fingerprint density at radius 3 is 2.88 bits per heavy atom. The lowest BCUT2D eigenvalue weighted by Gasteiger charge is -1.70. The number of rotatable bonds is 1. The second-order valence-electron chi connectivity index (χ2n) is 1.45. The number of hydrogen-bond donors (Lipinski definition) is 1. The van der Waals surface area contributed by atoms with Gasteiger partial charge < -0.3 is 4.98 Å². The van der Waals surface area contributed by atoms with Gasteiger partial charge in [-0.25, -0.2) is 4.98 Å². The summed E-state index contributed by atoms with van der Waals surface area (Å²) in [5.74, 6) is 0.336. The minimum atomic E-state index is 0.336. The molecule has 1 N–H and O–H groups in total. The number of hydrogen-bond acceptors (Lipinski definition) is 2. The smallest absolute Gasteiger partial charge is 0.185 e. The summed E-state index contributed by atoms with van der Waals surface area (Å²) in [6, 6.07) is 0. The van der Waals surface area contributed by atoms with Crippen LogP contribution in [0.25, 0.3) is 0 Å². The van der Waals surface area contributed by atoms with Gasteiger partial charge in [0.1, 0.15) is 0 Å². The van der Waals surface area contributed by atoms with Crippen molar-refractivity contribution in [1.29, 1.82) is 0 Å². The molecule has 0 aliphatic rings. The lowest BCUT2D eigenvalue weighted by Crippen LogP contribution is -1.79. The maximum atomic E-state index is 9.91. The summed E-state index contributed by atoms with van der Waals surface area (Å²) < 4.78 is 0. The molecule has 1 aromatic heterocycles. The fourth-order valence-corrected chi connectivity index (χ4v) is 0.447. The third-order valence-electron chi connectivity index (χ3n) is 0.771. The van der Waals surface area contributed by atoms with E-state index in [1.54, 1.807) is 6.92 Å². The summed E-state index contributed by atoms with van der Waals surface area (Å²) in [6.45, 7) is 1.77. The van der Waals surface area contributed by atoms with Crippen LogP contribution in [-0.2, 0) is 0 Å². The predicted molar refractivity (Wildman–Crippen MR) is 27.5 cm³/mol. The molecule has 0 aliphatic carbocycles. The zero-order valence-electron chi connectivity index (χ0n) is 4.43. The third-order valence-corrected chi connectivity index (χ3v) is 0.771. The number of nitrogens with zero attached hydrogens (tertiary/aromatic N) is 1. The van der Waals surface area contributed by atoms with E-state index in [4.69, 9.17) is 0 Å². The fourth-order valence-electron chi connectivity index (χ4n) is 0.447. The largest absolute Gasteiger partial charge is 0.334 e. The van der Waals surface area contributed by atoms with E-state index >= 15 is 0 Å². The van der Waals surface area contributed by atoms with Gasteiger partial charge in [-0.15, -0.1) is 0 Å². The van der Waals surface area contributed by atoms with Crippen molar-refractivity contribution in [3.05, 3.63) is 17.7 Å². The van der Waals surface area contributed by atoms with E-state index in [1.165, 1.54) is 0 Å². The molecule has 0 spiro atoms. The standard InChI is InChI=1S/C5H5N2O/c1-4-2-6-5(3-8)7-4/h3H,1H3,(H,6,7). The highest BCUT2D eigenvalue weighted by molar-refractivity contribution is 5.68. The molecule has 0 aromatic carbocycles. The number of aromatic nitrogens is 2. The first-order chi connectivity index (χ1) is 3.83. The van der Waals surface area contributed by atoms with Gasteiger partial charge in [0, 0.05) is 0 Å². The molecule has 41 valence electrons. The van der Waals surface area contributed by atoms with E-state index in [0.717, 1.165) is 0 Å². The van der Waals surface area contributed by atoms with Crippen LogP contribution in [0, 0.1) is 13.1 Å². The van der Waals surface area contributed by atoms with Crippen LogP contribution in [0.3, 0.4) is 0 Å². The van der Waals surface area contributed by atoms with Crippen molar-refractivity contribution >= 4 is 6.29 Å². The van der Waals surface area contributed by atoms with Crippen molar-refractivity contribution in [1.82, 2.24) is 9.97 Å². The average molecular weight is 109 g/mol. The molecule has 0 bridgehead atoms. The number of carbonyl (C=O) groups excluding carboxylic acids is 1. The number of H-pyrrole nitrogens is 1. The van der Waals surface area contributed by atoms with E-state index in [9.17, 15) is 4.79 Å². The topological polar surface area (TPSA) is 45.8 Å². The number of nitrogens with one attached hydrogen (secondary N) is 1. The van der Waals surface area contributed by atoms with Crippen molar-refractivity contribution in [2.45, 2.75) is 6.92 Å². The molecule has 8 heavy (non-hydrogen) atoms. The van der Waals surface area contributed by atoms with Gasteiger partial charge in [-0.05, 0) is 6.92 Å². The summed E-state index contributed by atoms with van der Waals surface area (Å²) in [6.07, 6.45) is 3.31. The molecule has 1 radical (unpaired) electrons. The number of aromatic amines is 1. The number of imidazole rings is 1. The van der Waals surface area contributed by atoms with Crippen LogP contribution in [0.1, 0.15) is 16.3 Å². The molecular formula is C5H5N2O. The SMILES string of the molecule is Cc1[c][nH]c(C=O)n1. The Labute approximate surface area is 46.8 Å². The molecule has 0 unspecified atom stereocenters. The second-order valence-corrected chi connectivity index (χ2v) is 1.45. The molecule has 3 heteroatoms. The molecule has 0 fully saturated rings. The molecule has 3 nitrogen and oxygen atoms in total. The lowest BCUT2D eigenvalue weighted by atomic mass is 10.6. The minimum absolute atomic E-state index is 0.336. The van der Waals surface area contributed by atoms with Gasteiger partial charge in [-0.1, -0.05) is 0 Å². The average Bonchev–Trinajstić information content (AvgIpc) is 2.14. The zero-order valence-corrected chi connectivity index (χ0v) is 4.43. The molecule has 1 heterocycles. The van der Waals surface area contributed by atoms with Crippen molar-refractivity contribution in [2.24, 2.45) is 0 Å². The molecular weight excluding hydrogens is 104 g/mol. The highest BCUT2D eigenvalue weighted by Gasteiger charge is 1.91. The fraction of sp³-hybridized carbons (Fsp3) is 0.200. The van der Waals surface area contributed by atoms with Gasteiger partial charge in [0.2, 0.25) is 0 Å². The Hall–Kier alpha value is -1.12. The molecule has 0 saturated carbocycles. The first kappa shape index (κ1) is 5.03. The highest BCUT2D eigenvalue weighted by Crippen LogP contribution is 1.87. The van der Waals surface area contributed by atoms with E-state index in [0.29, 0.717) is 17.8 Å². The number of aldehydes is 1. The van der Waals surface area contributed by atoms with Gasteiger partial charge in [-0.3, -0.25) is 4.79 Å². The first-order valence-corrected chi connectivity index (χ1v) is 2.22. The van der Waals surface area contributed by atoms with Crippen molar-refractivity contribution < 1.29 is 4.79 Å².